The number of hydrogen-bond donors (Lipinski definition) is 0. The Morgan fingerprint density at radius 2 is 2.28 bits per heavy atom. The van der Waals surface area contributed by atoms with E-state index < -0.39 is 0 Å². The number of thiazole rings is 1. The number of ether oxygens (including phenoxy) is 2. The molecule has 6 heteroatoms. The smallest absolute Gasteiger partial charge is 0.0964 e. The molecule has 0 aromatic carbocycles. The van der Waals surface area contributed by atoms with Crippen LogP contribution in [-0.2, 0) is 22.6 Å². The van der Waals surface area contributed by atoms with Crippen molar-refractivity contribution < 1.29 is 9.47 Å². The molecule has 2 aromatic rings. The highest BCUT2D eigenvalue weighted by Crippen LogP contribution is 2.42. The van der Waals surface area contributed by atoms with Gasteiger partial charge in [0, 0.05) is 43.9 Å². The number of hydrogen-bond acceptors (Lipinski definition) is 6. The molecule has 4 rings (SSSR count). The summed E-state index contributed by atoms with van der Waals surface area (Å²) in [5.74, 6) is 0.607. The van der Waals surface area contributed by atoms with Crippen LogP contribution in [0.3, 0.4) is 0 Å². The van der Waals surface area contributed by atoms with Crippen LogP contribution < -0.4 is 0 Å². The highest BCUT2D eigenvalue weighted by Gasteiger charge is 2.52. The lowest BCUT2D eigenvalue weighted by atomic mass is 9.79. The van der Waals surface area contributed by atoms with Crippen LogP contribution in [0.1, 0.15) is 29.1 Å². The first-order valence-electron chi connectivity index (χ1n) is 8.98. The van der Waals surface area contributed by atoms with Crippen molar-refractivity contribution in [2.45, 2.75) is 38.5 Å². The number of likely N-dealkylation sites (tertiary alicyclic amines) is 1. The van der Waals surface area contributed by atoms with Gasteiger partial charge in [-0.25, -0.2) is 4.98 Å². The fourth-order valence-electron chi connectivity index (χ4n) is 3.93. The predicted molar refractivity (Wildman–Crippen MR) is 97.4 cm³/mol. The molecule has 1 unspecified atom stereocenters. The molecule has 2 aromatic heterocycles. The molecule has 2 aliphatic heterocycles. The topological polar surface area (TPSA) is 47.5 Å². The Kier molecular flexibility index (Phi) is 5.12. The second-order valence-corrected chi connectivity index (χ2v) is 8.01. The first kappa shape index (κ1) is 17.1. The molecule has 0 amide bonds. The summed E-state index contributed by atoms with van der Waals surface area (Å²) in [4.78, 5) is 12.5. The zero-order valence-corrected chi connectivity index (χ0v) is 15.5. The number of aromatic nitrogens is 2. The molecule has 1 atom stereocenters. The van der Waals surface area contributed by atoms with E-state index in [1.54, 1.807) is 11.3 Å². The number of nitrogens with zero attached hydrogens (tertiary/aromatic N) is 3. The molecule has 5 nitrogen and oxygen atoms in total. The quantitative estimate of drug-likeness (QED) is 0.711. The third-order valence-corrected chi connectivity index (χ3v) is 6.30. The van der Waals surface area contributed by atoms with Gasteiger partial charge in [-0.15, -0.1) is 11.3 Å². The lowest BCUT2D eigenvalue weighted by molar-refractivity contribution is -0.139. The van der Waals surface area contributed by atoms with Crippen molar-refractivity contribution >= 4 is 11.3 Å². The first-order chi connectivity index (χ1) is 12.3. The van der Waals surface area contributed by atoms with Crippen LogP contribution in [-0.4, -0.2) is 46.8 Å². The molecule has 2 fully saturated rings. The summed E-state index contributed by atoms with van der Waals surface area (Å²) < 4.78 is 12.0. The largest absolute Gasteiger partial charge is 0.375 e. The van der Waals surface area contributed by atoms with Crippen LogP contribution in [0.25, 0.3) is 0 Å². The van der Waals surface area contributed by atoms with Gasteiger partial charge in [-0.05, 0) is 37.8 Å². The van der Waals surface area contributed by atoms with Gasteiger partial charge >= 0.3 is 0 Å². The van der Waals surface area contributed by atoms with Crippen LogP contribution >= 0.6 is 11.3 Å². The molecule has 134 valence electrons. The molecule has 0 aliphatic carbocycles. The number of aryl methyl sites for hydroxylation is 1. The summed E-state index contributed by atoms with van der Waals surface area (Å²) in [5, 5.41) is 0. The van der Waals surface area contributed by atoms with E-state index in [1.807, 2.05) is 29.9 Å². The Bertz CT molecular complexity index is 685. The molecule has 0 bridgehead atoms. The SMILES string of the molecule is Cc1ncsc1CN1CC2(C1)OCCC2CCOCc1ccccn1. The fourth-order valence-corrected chi connectivity index (χ4v) is 4.75. The first-order valence-corrected chi connectivity index (χ1v) is 9.86. The third-order valence-electron chi connectivity index (χ3n) is 5.38. The molecule has 0 radical (unpaired) electrons. The van der Waals surface area contributed by atoms with Crippen molar-refractivity contribution in [2.75, 3.05) is 26.3 Å². The summed E-state index contributed by atoms with van der Waals surface area (Å²) in [6.07, 6.45) is 4.03. The summed E-state index contributed by atoms with van der Waals surface area (Å²) in [6.45, 7) is 7.43. The molecular formula is C19H25N3O2S. The Labute approximate surface area is 153 Å². The molecule has 0 saturated carbocycles. The van der Waals surface area contributed by atoms with Crippen LogP contribution in [0.2, 0.25) is 0 Å². The Morgan fingerprint density at radius 1 is 1.36 bits per heavy atom. The van der Waals surface area contributed by atoms with Crippen molar-refractivity contribution in [3.8, 4) is 0 Å². The zero-order chi connectivity index (χ0) is 17.1. The van der Waals surface area contributed by atoms with E-state index in [0.717, 1.165) is 57.1 Å². The van der Waals surface area contributed by atoms with Gasteiger partial charge in [-0.1, -0.05) is 6.07 Å². The normalized spacial score (nSPS) is 22.4. The maximum atomic E-state index is 6.16. The minimum atomic E-state index is 0.0625. The van der Waals surface area contributed by atoms with E-state index >= 15 is 0 Å². The van der Waals surface area contributed by atoms with Gasteiger partial charge in [0.1, 0.15) is 0 Å². The van der Waals surface area contributed by atoms with Gasteiger partial charge in [0.2, 0.25) is 0 Å². The standard InChI is InChI=1S/C19H25N3O2S/c1-15-18(25-14-21-15)10-22-12-19(13-22)16(6-9-24-19)5-8-23-11-17-4-2-3-7-20-17/h2-4,7,14,16H,5-6,8-13H2,1H3. The fraction of sp³-hybridized carbons (Fsp3) is 0.579. The predicted octanol–water partition coefficient (Wildman–Crippen LogP) is 3.04. The van der Waals surface area contributed by atoms with Crippen LogP contribution in [0.15, 0.2) is 29.9 Å². The molecule has 4 heterocycles. The van der Waals surface area contributed by atoms with Crippen molar-refractivity contribution in [3.05, 3.63) is 46.2 Å². The third kappa shape index (κ3) is 3.77. The van der Waals surface area contributed by atoms with E-state index in [9.17, 15) is 0 Å². The second-order valence-electron chi connectivity index (χ2n) is 7.07. The van der Waals surface area contributed by atoms with Crippen LogP contribution in [0, 0.1) is 12.8 Å². The summed E-state index contributed by atoms with van der Waals surface area (Å²) in [7, 11) is 0. The molecular weight excluding hydrogens is 334 g/mol. The van der Waals surface area contributed by atoms with Crippen LogP contribution in [0.5, 0.6) is 0 Å². The zero-order valence-electron chi connectivity index (χ0n) is 14.7. The number of pyridine rings is 1. The average molecular weight is 359 g/mol. The van der Waals surface area contributed by atoms with Gasteiger partial charge in [0.15, 0.2) is 0 Å². The van der Waals surface area contributed by atoms with Gasteiger partial charge in [-0.2, -0.15) is 0 Å². The van der Waals surface area contributed by atoms with E-state index in [-0.39, 0.29) is 5.60 Å². The Morgan fingerprint density at radius 3 is 3.04 bits per heavy atom. The molecule has 0 N–H and O–H groups in total. The van der Waals surface area contributed by atoms with Gasteiger partial charge in [0.25, 0.3) is 0 Å². The highest BCUT2D eigenvalue weighted by molar-refractivity contribution is 7.09. The summed E-state index contributed by atoms with van der Waals surface area (Å²) in [6, 6.07) is 5.93. The highest BCUT2D eigenvalue weighted by atomic mass is 32.1. The van der Waals surface area contributed by atoms with Crippen molar-refractivity contribution in [1.82, 2.24) is 14.9 Å². The van der Waals surface area contributed by atoms with E-state index in [2.05, 4.69) is 21.8 Å². The van der Waals surface area contributed by atoms with Crippen LogP contribution in [0.4, 0.5) is 0 Å². The monoisotopic (exact) mass is 359 g/mol. The van der Waals surface area contributed by atoms with Gasteiger partial charge in [-0.3, -0.25) is 9.88 Å². The minimum absolute atomic E-state index is 0.0625. The second kappa shape index (κ2) is 7.50. The Hall–Kier alpha value is -1.34. The minimum Gasteiger partial charge on any atom is -0.375 e. The number of rotatable bonds is 7. The van der Waals surface area contributed by atoms with Crippen molar-refractivity contribution in [3.63, 3.8) is 0 Å². The van der Waals surface area contributed by atoms with E-state index in [4.69, 9.17) is 9.47 Å². The Balaban J connectivity index is 1.22. The molecule has 2 aliphatic rings. The van der Waals surface area contributed by atoms with Crippen molar-refractivity contribution in [2.24, 2.45) is 5.92 Å². The summed E-state index contributed by atoms with van der Waals surface area (Å²) in [5.41, 5.74) is 4.16. The van der Waals surface area contributed by atoms with Gasteiger partial charge in [0.05, 0.1) is 29.1 Å². The maximum Gasteiger partial charge on any atom is 0.0964 e. The lowest BCUT2D eigenvalue weighted by Gasteiger charge is -2.50. The van der Waals surface area contributed by atoms with Gasteiger partial charge < -0.3 is 9.47 Å². The van der Waals surface area contributed by atoms with Crippen molar-refractivity contribution in [1.29, 1.82) is 0 Å². The average Bonchev–Trinajstić information content (AvgIpc) is 3.19. The van der Waals surface area contributed by atoms with E-state index in [0.29, 0.717) is 12.5 Å². The molecule has 1 spiro atoms. The molecule has 2 saturated heterocycles. The lowest BCUT2D eigenvalue weighted by Crippen LogP contribution is -2.64. The van der Waals surface area contributed by atoms with E-state index in [1.165, 1.54) is 4.88 Å². The molecule has 25 heavy (non-hydrogen) atoms. The maximum absolute atomic E-state index is 6.16. The summed E-state index contributed by atoms with van der Waals surface area (Å²) >= 11 is 1.75.